The lowest BCUT2D eigenvalue weighted by Crippen LogP contribution is -2.02. The van der Waals surface area contributed by atoms with Crippen LogP contribution >= 0.6 is 11.6 Å². The number of hydrogen-bond acceptors (Lipinski definition) is 2. The van der Waals surface area contributed by atoms with Crippen molar-refractivity contribution < 1.29 is 4.42 Å². The van der Waals surface area contributed by atoms with Crippen LogP contribution in [0.25, 0.3) is 21.9 Å². The van der Waals surface area contributed by atoms with Gasteiger partial charge in [0.05, 0.1) is 5.56 Å². The summed E-state index contributed by atoms with van der Waals surface area (Å²) < 4.78 is 5.07. The van der Waals surface area contributed by atoms with E-state index < -0.39 is 0 Å². The average Bonchev–Trinajstić information content (AvgIpc) is 2.40. The summed E-state index contributed by atoms with van der Waals surface area (Å²) in [6.07, 6.45) is 1.48. The van der Waals surface area contributed by atoms with Gasteiger partial charge in [-0.25, -0.2) is 4.79 Å². The highest BCUT2D eigenvalue weighted by molar-refractivity contribution is 6.30. The van der Waals surface area contributed by atoms with Crippen LogP contribution in [-0.4, -0.2) is 0 Å². The Morgan fingerprint density at radius 1 is 0.944 bits per heavy atom. The molecule has 3 aromatic rings. The van der Waals surface area contributed by atoms with Gasteiger partial charge in [-0.05, 0) is 23.1 Å². The molecule has 2 nitrogen and oxygen atoms in total. The Balaban J connectivity index is 2.37. The van der Waals surface area contributed by atoms with E-state index in [1.807, 2.05) is 36.4 Å². The molecule has 0 N–H and O–H groups in total. The highest BCUT2D eigenvalue weighted by Gasteiger charge is 2.09. The summed E-state index contributed by atoms with van der Waals surface area (Å²) in [6.45, 7) is 0. The molecule has 3 heteroatoms. The summed E-state index contributed by atoms with van der Waals surface area (Å²) in [5.74, 6) is 0. The predicted molar refractivity (Wildman–Crippen MR) is 72.9 cm³/mol. The molecule has 2 aromatic carbocycles. The molecule has 0 unspecified atom stereocenters. The zero-order valence-electron chi connectivity index (χ0n) is 9.39. The summed E-state index contributed by atoms with van der Waals surface area (Å²) in [6, 6.07) is 14.8. The van der Waals surface area contributed by atoms with Crippen LogP contribution in [0.4, 0.5) is 0 Å². The molecule has 3 rings (SSSR count). The second-order valence-electron chi connectivity index (χ2n) is 3.99. The van der Waals surface area contributed by atoms with Gasteiger partial charge < -0.3 is 4.42 Å². The van der Waals surface area contributed by atoms with Crippen molar-refractivity contribution in [1.29, 1.82) is 0 Å². The molecule has 0 atom stereocenters. The molecule has 0 fully saturated rings. The maximum Gasteiger partial charge on any atom is 0.344 e. The second kappa shape index (κ2) is 4.31. The molecule has 0 bridgehead atoms. The lowest BCUT2D eigenvalue weighted by molar-refractivity contribution is 0.520. The standard InChI is InChI=1S/C15H9ClO2/c16-12-7-5-10(6-8-12)14-13-4-2-1-3-11(13)9-18-15(14)17/h1-9H. The molecule has 1 heterocycles. The van der Waals surface area contributed by atoms with Crippen molar-refractivity contribution >= 4 is 22.4 Å². The van der Waals surface area contributed by atoms with Crippen LogP contribution in [0.15, 0.2) is 64.0 Å². The molecule has 0 aliphatic heterocycles. The average molecular weight is 257 g/mol. The molecule has 0 saturated heterocycles. The van der Waals surface area contributed by atoms with E-state index in [-0.39, 0.29) is 5.63 Å². The molecule has 18 heavy (non-hydrogen) atoms. The molecule has 1 aromatic heterocycles. The highest BCUT2D eigenvalue weighted by Crippen LogP contribution is 2.26. The number of hydrogen-bond donors (Lipinski definition) is 0. The van der Waals surface area contributed by atoms with Gasteiger partial charge in [0.15, 0.2) is 0 Å². The minimum Gasteiger partial charge on any atom is -0.430 e. The zero-order chi connectivity index (χ0) is 12.5. The number of benzene rings is 2. The number of fused-ring (bicyclic) bond motifs is 1. The normalized spacial score (nSPS) is 10.7. The molecule has 0 radical (unpaired) electrons. The zero-order valence-corrected chi connectivity index (χ0v) is 10.1. The Morgan fingerprint density at radius 2 is 1.67 bits per heavy atom. The largest absolute Gasteiger partial charge is 0.430 e. The van der Waals surface area contributed by atoms with Crippen LogP contribution in [0.3, 0.4) is 0 Å². The van der Waals surface area contributed by atoms with Crippen LogP contribution in [0.5, 0.6) is 0 Å². The summed E-state index contributed by atoms with van der Waals surface area (Å²) in [4.78, 5) is 11.9. The molecular weight excluding hydrogens is 248 g/mol. The first kappa shape index (κ1) is 11.1. The van der Waals surface area contributed by atoms with E-state index in [0.29, 0.717) is 10.6 Å². The van der Waals surface area contributed by atoms with Crippen LogP contribution in [0, 0.1) is 0 Å². The quantitative estimate of drug-likeness (QED) is 0.656. The third-order valence-corrected chi connectivity index (χ3v) is 3.11. The first-order valence-corrected chi connectivity index (χ1v) is 5.90. The Hall–Kier alpha value is -2.06. The van der Waals surface area contributed by atoms with Crippen molar-refractivity contribution in [3.63, 3.8) is 0 Å². The SMILES string of the molecule is O=c1occ2ccccc2c1-c1ccc(Cl)cc1. The fourth-order valence-electron chi connectivity index (χ4n) is 2.00. The van der Waals surface area contributed by atoms with Crippen molar-refractivity contribution in [3.8, 4) is 11.1 Å². The molecule has 0 saturated carbocycles. The van der Waals surface area contributed by atoms with Gasteiger partial charge in [0.25, 0.3) is 0 Å². The Labute approximate surface area is 108 Å². The van der Waals surface area contributed by atoms with E-state index in [0.717, 1.165) is 16.3 Å². The summed E-state index contributed by atoms with van der Waals surface area (Å²) in [7, 11) is 0. The van der Waals surface area contributed by atoms with Gasteiger partial charge in [0, 0.05) is 10.4 Å². The van der Waals surface area contributed by atoms with E-state index in [2.05, 4.69) is 0 Å². The van der Waals surface area contributed by atoms with Gasteiger partial charge in [0.1, 0.15) is 6.26 Å². The second-order valence-corrected chi connectivity index (χ2v) is 4.43. The van der Waals surface area contributed by atoms with Crippen molar-refractivity contribution in [1.82, 2.24) is 0 Å². The first-order chi connectivity index (χ1) is 8.75. The van der Waals surface area contributed by atoms with Crippen molar-refractivity contribution in [2.45, 2.75) is 0 Å². The van der Waals surface area contributed by atoms with Gasteiger partial charge in [0.2, 0.25) is 0 Å². The molecule has 0 spiro atoms. The monoisotopic (exact) mass is 256 g/mol. The van der Waals surface area contributed by atoms with Crippen LogP contribution in [0.2, 0.25) is 5.02 Å². The predicted octanol–water partition coefficient (Wildman–Crippen LogP) is 4.11. The Bertz CT molecular complexity index is 757. The van der Waals surface area contributed by atoms with Crippen molar-refractivity contribution in [3.05, 3.63) is 70.2 Å². The van der Waals surface area contributed by atoms with Crippen molar-refractivity contribution in [2.24, 2.45) is 0 Å². The number of rotatable bonds is 1. The maximum atomic E-state index is 11.9. The molecule has 0 aliphatic rings. The number of halogens is 1. The van der Waals surface area contributed by atoms with Gasteiger partial charge >= 0.3 is 5.63 Å². The fraction of sp³-hybridized carbons (Fsp3) is 0. The molecule has 0 aliphatic carbocycles. The lowest BCUT2D eigenvalue weighted by Gasteiger charge is -2.04. The van der Waals surface area contributed by atoms with Crippen molar-refractivity contribution in [2.75, 3.05) is 0 Å². The van der Waals surface area contributed by atoms with Gasteiger partial charge in [-0.2, -0.15) is 0 Å². The van der Waals surface area contributed by atoms with E-state index >= 15 is 0 Å². The Morgan fingerprint density at radius 3 is 2.44 bits per heavy atom. The third-order valence-electron chi connectivity index (χ3n) is 2.86. The lowest BCUT2D eigenvalue weighted by atomic mass is 10.0. The molecular formula is C15H9ClO2. The fourth-order valence-corrected chi connectivity index (χ4v) is 2.13. The Kier molecular flexibility index (Phi) is 2.65. The maximum absolute atomic E-state index is 11.9. The van der Waals surface area contributed by atoms with E-state index in [1.165, 1.54) is 6.26 Å². The molecule has 88 valence electrons. The summed E-state index contributed by atoms with van der Waals surface area (Å²) in [5.41, 5.74) is 1.05. The minimum atomic E-state index is -0.337. The third kappa shape index (κ3) is 1.81. The highest BCUT2D eigenvalue weighted by atomic mass is 35.5. The summed E-state index contributed by atoms with van der Waals surface area (Å²) >= 11 is 5.86. The smallest absolute Gasteiger partial charge is 0.344 e. The van der Waals surface area contributed by atoms with Crippen LogP contribution < -0.4 is 5.63 Å². The molecule has 0 amide bonds. The first-order valence-electron chi connectivity index (χ1n) is 5.52. The van der Waals surface area contributed by atoms with Crippen LogP contribution in [-0.2, 0) is 0 Å². The van der Waals surface area contributed by atoms with Gasteiger partial charge in [-0.1, -0.05) is 48.0 Å². The van der Waals surface area contributed by atoms with E-state index in [9.17, 15) is 4.79 Å². The van der Waals surface area contributed by atoms with E-state index in [1.54, 1.807) is 12.1 Å². The van der Waals surface area contributed by atoms with Crippen LogP contribution in [0.1, 0.15) is 0 Å². The van der Waals surface area contributed by atoms with E-state index in [4.69, 9.17) is 16.0 Å². The topological polar surface area (TPSA) is 30.2 Å². The van der Waals surface area contributed by atoms with Gasteiger partial charge in [-0.3, -0.25) is 0 Å². The summed E-state index contributed by atoms with van der Waals surface area (Å²) in [5, 5.41) is 2.43. The van der Waals surface area contributed by atoms with Gasteiger partial charge in [-0.15, -0.1) is 0 Å². The minimum absolute atomic E-state index is 0.337.